The molecule has 0 aliphatic heterocycles. The highest BCUT2D eigenvalue weighted by Gasteiger charge is 2.50. The van der Waals surface area contributed by atoms with Crippen molar-refractivity contribution in [3.8, 4) is 0 Å². The van der Waals surface area contributed by atoms with Gasteiger partial charge in [-0.25, -0.2) is 4.79 Å². The van der Waals surface area contributed by atoms with Crippen LogP contribution in [0.5, 0.6) is 0 Å². The van der Waals surface area contributed by atoms with Crippen LogP contribution in [0.1, 0.15) is 50.2 Å². The van der Waals surface area contributed by atoms with Crippen LogP contribution in [0.15, 0.2) is 54.7 Å². The zero-order valence-corrected chi connectivity index (χ0v) is 24.6. The van der Waals surface area contributed by atoms with E-state index in [1.807, 2.05) is 36.4 Å². The van der Waals surface area contributed by atoms with Gasteiger partial charge in [0.1, 0.15) is 12.6 Å². The highest BCUT2D eigenvalue weighted by molar-refractivity contribution is 6.30. The second-order valence-corrected chi connectivity index (χ2v) is 13.3. The fourth-order valence-corrected chi connectivity index (χ4v) is 8.07. The van der Waals surface area contributed by atoms with E-state index in [1.54, 1.807) is 29.8 Å². The monoisotopic (exact) mass is 591 g/mol. The lowest BCUT2D eigenvalue weighted by atomic mass is 9.55. The first-order chi connectivity index (χ1) is 20.1. The first-order valence-corrected chi connectivity index (χ1v) is 15.3. The molecule has 4 aliphatic carbocycles. The summed E-state index contributed by atoms with van der Waals surface area (Å²) in [5, 5.41) is 11.0. The summed E-state index contributed by atoms with van der Waals surface area (Å²) < 4.78 is 7.77. The van der Waals surface area contributed by atoms with Crippen molar-refractivity contribution in [2.45, 2.75) is 63.5 Å². The van der Waals surface area contributed by atoms with Crippen molar-refractivity contribution >= 4 is 40.5 Å². The Hall–Kier alpha value is -3.36. The number of halogens is 1. The van der Waals surface area contributed by atoms with Crippen LogP contribution in [0.2, 0.25) is 5.02 Å². The van der Waals surface area contributed by atoms with Crippen LogP contribution in [0.3, 0.4) is 0 Å². The van der Waals surface area contributed by atoms with E-state index in [0.717, 1.165) is 54.0 Å². The molecule has 1 amide bonds. The molecule has 0 saturated heterocycles. The van der Waals surface area contributed by atoms with Gasteiger partial charge in [0.25, 0.3) is 0 Å². The van der Waals surface area contributed by atoms with Gasteiger partial charge in [-0.1, -0.05) is 41.9 Å². The largest absolute Gasteiger partial charge is 0.480 e. The number of hydrogen-bond donors (Lipinski definition) is 2. The molecule has 4 aliphatic rings. The minimum absolute atomic E-state index is 0.0403. The molecule has 9 heteroatoms. The van der Waals surface area contributed by atoms with Gasteiger partial charge in [0.05, 0.1) is 11.1 Å². The Morgan fingerprint density at radius 2 is 1.67 bits per heavy atom. The number of carboxylic acid groups (broad SMARTS) is 1. The van der Waals surface area contributed by atoms with Gasteiger partial charge in [-0.05, 0) is 98.4 Å². The third-order valence-electron chi connectivity index (χ3n) is 9.61. The number of carboxylic acids is 1. The van der Waals surface area contributed by atoms with Crippen molar-refractivity contribution in [2.75, 3.05) is 13.1 Å². The van der Waals surface area contributed by atoms with E-state index < -0.39 is 30.1 Å². The topological polar surface area (TPSA) is 115 Å². The number of aliphatic carboxylic acids is 1. The van der Waals surface area contributed by atoms with E-state index in [-0.39, 0.29) is 19.1 Å². The summed E-state index contributed by atoms with van der Waals surface area (Å²) in [4.78, 5) is 40.2. The summed E-state index contributed by atoms with van der Waals surface area (Å²) >= 11 is 5.98. The van der Waals surface area contributed by atoms with Crippen LogP contribution < -0.4 is 5.73 Å². The first kappa shape index (κ1) is 28.7. The summed E-state index contributed by atoms with van der Waals surface area (Å²) in [5.41, 5.74) is 7.60. The summed E-state index contributed by atoms with van der Waals surface area (Å²) in [6, 6.07) is 14.8. The van der Waals surface area contributed by atoms with Gasteiger partial charge in [-0.15, -0.1) is 0 Å². The van der Waals surface area contributed by atoms with Gasteiger partial charge in [-0.2, -0.15) is 0 Å². The Morgan fingerprint density at radius 1 is 1.02 bits per heavy atom. The van der Waals surface area contributed by atoms with E-state index >= 15 is 0 Å². The second-order valence-electron chi connectivity index (χ2n) is 12.9. The number of para-hydroxylation sites is 1. The van der Waals surface area contributed by atoms with Gasteiger partial charge in [-0.3, -0.25) is 14.2 Å². The minimum Gasteiger partial charge on any atom is -0.480 e. The van der Waals surface area contributed by atoms with Crippen LogP contribution in [0.4, 0.5) is 4.79 Å². The number of carbonyl (C=O) groups excluding carboxylic acids is 2. The molecule has 2 aromatic carbocycles. The lowest BCUT2D eigenvalue weighted by Gasteiger charge is -2.53. The van der Waals surface area contributed by atoms with Crippen LogP contribution >= 0.6 is 11.6 Å². The first-order valence-electron chi connectivity index (χ1n) is 14.9. The summed E-state index contributed by atoms with van der Waals surface area (Å²) in [6.07, 6.45) is 7.84. The molecule has 1 heterocycles. The number of amides is 1. The van der Waals surface area contributed by atoms with Crippen molar-refractivity contribution in [3.63, 3.8) is 0 Å². The summed E-state index contributed by atoms with van der Waals surface area (Å²) in [7, 11) is 0. The molecule has 0 unspecified atom stereocenters. The maximum Gasteiger partial charge on any atom is 0.418 e. The van der Waals surface area contributed by atoms with Gasteiger partial charge < -0.3 is 20.5 Å². The Kier molecular flexibility index (Phi) is 7.79. The molecule has 8 nitrogen and oxygen atoms in total. The Balaban J connectivity index is 1.20. The predicted octanol–water partition coefficient (Wildman–Crippen LogP) is 5.52. The molecule has 1 aromatic heterocycles. The third kappa shape index (κ3) is 5.79. The number of benzene rings is 2. The smallest absolute Gasteiger partial charge is 0.418 e. The minimum atomic E-state index is -1.41. The van der Waals surface area contributed by atoms with Gasteiger partial charge in [0.15, 0.2) is 0 Å². The molecule has 7 rings (SSSR count). The highest BCUT2D eigenvalue weighted by Crippen LogP contribution is 2.54. The highest BCUT2D eigenvalue weighted by atomic mass is 35.5. The van der Waals surface area contributed by atoms with Crippen molar-refractivity contribution in [1.29, 1.82) is 0 Å². The van der Waals surface area contributed by atoms with Gasteiger partial charge in [0.2, 0.25) is 5.91 Å². The number of ether oxygens (including phenoxy) is 1. The zero-order chi connectivity index (χ0) is 29.6. The standard InChI is InChI=1S/C33H38ClN3O5/c1-33(35,31(40)36(19-29(38)39)11-10-20-6-8-26(34)9-7-20)17-25-18-37(28-5-3-2-4-27(25)28)32(41)42-30-23-13-21-12-22(15-23)16-24(30)14-21/h2-9,18,21-24,30H,10-17,19,35H2,1H3,(H,38,39)/t21?,22?,23?,24?,30?,33-/m1/s1. The van der Waals surface area contributed by atoms with E-state index in [2.05, 4.69) is 0 Å². The average Bonchev–Trinajstić information content (AvgIpc) is 3.30. The fourth-order valence-electron chi connectivity index (χ4n) is 7.95. The molecule has 4 bridgehead atoms. The molecule has 0 spiro atoms. The number of hydrogen-bond acceptors (Lipinski definition) is 5. The molecule has 4 saturated carbocycles. The van der Waals surface area contributed by atoms with Gasteiger partial charge >= 0.3 is 12.1 Å². The number of carbonyl (C=O) groups is 3. The van der Waals surface area contributed by atoms with E-state index in [0.29, 0.717) is 28.8 Å². The number of rotatable bonds is 9. The zero-order valence-electron chi connectivity index (χ0n) is 23.9. The molecule has 42 heavy (non-hydrogen) atoms. The summed E-state index contributed by atoms with van der Waals surface area (Å²) in [6.45, 7) is 1.35. The van der Waals surface area contributed by atoms with Crippen molar-refractivity contribution in [2.24, 2.45) is 29.4 Å². The SMILES string of the molecule is C[C@@](N)(Cc1cn(C(=O)OC2C3CC4CC(C3)CC2C4)c2ccccc12)C(=O)N(CCc1ccc(Cl)cc1)CC(=O)O. The second kappa shape index (κ2) is 11.4. The quantitative estimate of drug-likeness (QED) is 0.339. The maximum absolute atomic E-state index is 13.7. The van der Waals surface area contributed by atoms with E-state index in [4.69, 9.17) is 22.1 Å². The fraction of sp³-hybridized carbons (Fsp3) is 0.485. The van der Waals surface area contributed by atoms with Crippen LogP contribution in [-0.4, -0.2) is 57.3 Å². The van der Waals surface area contributed by atoms with Crippen molar-refractivity contribution in [3.05, 3.63) is 70.9 Å². The normalized spacial score (nSPS) is 25.7. The molecule has 4 fully saturated rings. The molecule has 222 valence electrons. The Morgan fingerprint density at radius 3 is 2.31 bits per heavy atom. The number of fused-ring (bicyclic) bond motifs is 1. The lowest BCUT2D eigenvalue weighted by Crippen LogP contribution is -2.56. The molecule has 0 radical (unpaired) electrons. The lowest BCUT2D eigenvalue weighted by molar-refractivity contribution is -0.146. The van der Waals surface area contributed by atoms with Crippen LogP contribution in [0, 0.1) is 23.7 Å². The molecule has 3 aromatic rings. The number of nitrogens with zero attached hydrogens (tertiary/aromatic N) is 2. The van der Waals surface area contributed by atoms with Gasteiger partial charge in [0, 0.05) is 29.6 Å². The number of nitrogens with two attached hydrogens (primary N) is 1. The summed E-state index contributed by atoms with van der Waals surface area (Å²) in [5.74, 6) is 0.890. The van der Waals surface area contributed by atoms with Crippen LogP contribution in [-0.2, 0) is 27.2 Å². The molecular weight excluding hydrogens is 554 g/mol. The predicted molar refractivity (Wildman–Crippen MR) is 160 cm³/mol. The van der Waals surface area contributed by atoms with Crippen LogP contribution in [0.25, 0.3) is 10.9 Å². The Labute approximate surface area is 250 Å². The van der Waals surface area contributed by atoms with Crippen molar-refractivity contribution in [1.82, 2.24) is 9.47 Å². The molecular formula is C33H38ClN3O5. The van der Waals surface area contributed by atoms with E-state index in [1.165, 1.54) is 11.3 Å². The number of aromatic nitrogens is 1. The molecule has 1 atom stereocenters. The van der Waals surface area contributed by atoms with E-state index in [9.17, 15) is 19.5 Å². The molecule has 3 N–H and O–H groups in total. The third-order valence-corrected chi connectivity index (χ3v) is 9.86. The van der Waals surface area contributed by atoms with Crippen molar-refractivity contribution < 1.29 is 24.2 Å². The average molecular weight is 592 g/mol. The maximum atomic E-state index is 13.7. The Bertz CT molecular complexity index is 1470.